The number of benzene rings is 1. The number of thiocarbonyl (C=S) groups is 1. The van der Waals surface area contributed by atoms with Crippen LogP contribution in [0.3, 0.4) is 0 Å². The van der Waals surface area contributed by atoms with E-state index in [2.05, 4.69) is 10.6 Å². The molecule has 0 aliphatic carbocycles. The van der Waals surface area contributed by atoms with E-state index in [4.69, 9.17) is 28.6 Å². The van der Waals surface area contributed by atoms with E-state index >= 15 is 0 Å². The molecule has 82 valence electrons. The average molecular weight is 245 g/mol. The van der Waals surface area contributed by atoms with E-state index in [9.17, 15) is 0 Å². The van der Waals surface area contributed by atoms with Gasteiger partial charge in [-0.3, -0.25) is 0 Å². The van der Waals surface area contributed by atoms with Gasteiger partial charge in [0.05, 0.1) is 12.8 Å². The van der Waals surface area contributed by atoms with Crippen molar-refractivity contribution in [2.45, 2.75) is 0 Å². The monoisotopic (exact) mass is 244 g/mol. The second-order valence-corrected chi connectivity index (χ2v) is 3.56. The number of hydrogen-bond acceptors (Lipinski definition) is 2. The van der Waals surface area contributed by atoms with Gasteiger partial charge in [0, 0.05) is 12.4 Å². The molecule has 0 radical (unpaired) electrons. The van der Waals surface area contributed by atoms with Gasteiger partial charge < -0.3 is 15.4 Å². The second-order valence-electron chi connectivity index (χ2n) is 2.77. The highest BCUT2D eigenvalue weighted by atomic mass is 35.5. The lowest BCUT2D eigenvalue weighted by Crippen LogP contribution is -2.30. The Labute approximate surface area is 99.8 Å². The van der Waals surface area contributed by atoms with Crippen molar-refractivity contribution in [2.75, 3.05) is 24.9 Å². The smallest absolute Gasteiger partial charge is 0.170 e. The summed E-state index contributed by atoms with van der Waals surface area (Å²) >= 11 is 10.6. The van der Waals surface area contributed by atoms with Crippen LogP contribution in [0.15, 0.2) is 24.3 Å². The van der Waals surface area contributed by atoms with Gasteiger partial charge in [0.15, 0.2) is 5.11 Å². The van der Waals surface area contributed by atoms with Gasteiger partial charge >= 0.3 is 0 Å². The molecule has 0 saturated heterocycles. The molecule has 0 aliphatic rings. The first kappa shape index (κ1) is 12.1. The lowest BCUT2D eigenvalue weighted by Gasteiger charge is -2.12. The highest BCUT2D eigenvalue weighted by Crippen LogP contribution is 2.22. The molecule has 0 saturated carbocycles. The Morgan fingerprint density at radius 1 is 1.47 bits per heavy atom. The summed E-state index contributed by atoms with van der Waals surface area (Å²) in [7, 11) is 1.62. The summed E-state index contributed by atoms with van der Waals surface area (Å²) in [6, 6.07) is 7.58. The summed E-state index contributed by atoms with van der Waals surface area (Å²) in [5.41, 5.74) is 0.840. The van der Waals surface area contributed by atoms with Crippen LogP contribution in [-0.2, 0) is 0 Å². The van der Waals surface area contributed by atoms with Crippen LogP contribution < -0.4 is 15.4 Å². The van der Waals surface area contributed by atoms with E-state index < -0.39 is 0 Å². The second kappa shape index (κ2) is 6.48. The van der Waals surface area contributed by atoms with Crippen molar-refractivity contribution in [2.24, 2.45) is 0 Å². The molecule has 1 rings (SSSR count). The largest absolute Gasteiger partial charge is 0.495 e. The molecular weight excluding hydrogens is 232 g/mol. The molecule has 1 aromatic rings. The van der Waals surface area contributed by atoms with Gasteiger partial charge in [0.2, 0.25) is 0 Å². The van der Waals surface area contributed by atoms with Gasteiger partial charge in [-0.15, -0.1) is 11.6 Å². The number of anilines is 1. The summed E-state index contributed by atoms with van der Waals surface area (Å²) in [5.74, 6) is 1.28. The Morgan fingerprint density at radius 3 is 2.87 bits per heavy atom. The summed E-state index contributed by atoms with van der Waals surface area (Å²) in [5, 5.41) is 6.54. The van der Waals surface area contributed by atoms with Crippen molar-refractivity contribution in [3.8, 4) is 5.75 Å². The molecule has 0 aliphatic heterocycles. The van der Waals surface area contributed by atoms with E-state index in [1.807, 2.05) is 24.3 Å². The van der Waals surface area contributed by atoms with Crippen molar-refractivity contribution in [3.05, 3.63) is 24.3 Å². The zero-order valence-corrected chi connectivity index (χ0v) is 9.99. The van der Waals surface area contributed by atoms with E-state index in [1.54, 1.807) is 7.11 Å². The zero-order chi connectivity index (χ0) is 11.1. The van der Waals surface area contributed by atoms with Crippen LogP contribution in [0.1, 0.15) is 0 Å². The fourth-order valence-electron chi connectivity index (χ4n) is 1.08. The third-order valence-corrected chi connectivity index (χ3v) is 2.17. The molecule has 0 heterocycles. The van der Waals surface area contributed by atoms with E-state index in [0.717, 1.165) is 11.4 Å². The van der Waals surface area contributed by atoms with Crippen molar-refractivity contribution in [1.29, 1.82) is 0 Å². The van der Waals surface area contributed by atoms with Crippen LogP contribution >= 0.6 is 23.8 Å². The molecule has 0 atom stereocenters. The van der Waals surface area contributed by atoms with Gasteiger partial charge in [-0.05, 0) is 24.4 Å². The van der Waals surface area contributed by atoms with Gasteiger partial charge in [-0.2, -0.15) is 0 Å². The van der Waals surface area contributed by atoms with Gasteiger partial charge in [-0.1, -0.05) is 12.1 Å². The average Bonchev–Trinajstić information content (AvgIpc) is 2.27. The predicted molar refractivity (Wildman–Crippen MR) is 67.9 cm³/mol. The molecular formula is C10H13ClN2OS. The van der Waals surface area contributed by atoms with Crippen LogP contribution in [0.25, 0.3) is 0 Å². The molecule has 0 aromatic heterocycles. The normalized spacial score (nSPS) is 9.47. The molecule has 0 spiro atoms. The van der Waals surface area contributed by atoms with E-state index in [0.29, 0.717) is 17.5 Å². The number of methoxy groups -OCH3 is 1. The molecule has 0 unspecified atom stereocenters. The fourth-order valence-corrected chi connectivity index (χ4v) is 1.38. The standard InChI is InChI=1S/C10H13ClN2OS/c1-14-9-5-3-2-4-8(9)13-10(15)12-7-6-11/h2-5H,6-7H2,1H3,(H2,12,13,15). The Bertz CT molecular complexity index is 333. The Hall–Kier alpha value is -1.00. The molecule has 0 amide bonds. The topological polar surface area (TPSA) is 33.3 Å². The molecule has 0 bridgehead atoms. The Balaban J connectivity index is 2.59. The fraction of sp³-hybridized carbons (Fsp3) is 0.300. The number of ether oxygens (including phenoxy) is 1. The number of alkyl halides is 1. The zero-order valence-electron chi connectivity index (χ0n) is 8.42. The van der Waals surface area contributed by atoms with Gasteiger partial charge in [0.25, 0.3) is 0 Å². The lowest BCUT2D eigenvalue weighted by molar-refractivity contribution is 0.417. The lowest BCUT2D eigenvalue weighted by atomic mass is 10.3. The highest BCUT2D eigenvalue weighted by Gasteiger charge is 2.02. The Kier molecular flexibility index (Phi) is 5.21. The van der Waals surface area contributed by atoms with Crippen LogP contribution in [0, 0.1) is 0 Å². The van der Waals surface area contributed by atoms with Crippen LogP contribution in [0.4, 0.5) is 5.69 Å². The maximum Gasteiger partial charge on any atom is 0.170 e. The maximum atomic E-state index is 5.53. The minimum atomic E-state index is 0.522. The first-order chi connectivity index (χ1) is 7.27. The summed E-state index contributed by atoms with van der Waals surface area (Å²) < 4.78 is 5.17. The van der Waals surface area contributed by atoms with Crippen molar-refractivity contribution >= 4 is 34.6 Å². The maximum absolute atomic E-state index is 5.53. The number of rotatable bonds is 4. The van der Waals surface area contributed by atoms with E-state index in [1.165, 1.54) is 0 Å². The molecule has 1 aromatic carbocycles. The third-order valence-electron chi connectivity index (χ3n) is 1.74. The predicted octanol–water partition coefficient (Wildman–Crippen LogP) is 2.22. The quantitative estimate of drug-likeness (QED) is 0.629. The van der Waals surface area contributed by atoms with Crippen LogP contribution in [-0.4, -0.2) is 24.6 Å². The first-order valence-electron chi connectivity index (χ1n) is 4.51. The van der Waals surface area contributed by atoms with Gasteiger partial charge in [-0.25, -0.2) is 0 Å². The number of nitrogens with one attached hydrogen (secondary N) is 2. The summed E-state index contributed by atoms with van der Waals surface area (Å²) in [6.07, 6.45) is 0. The minimum Gasteiger partial charge on any atom is -0.495 e. The van der Waals surface area contributed by atoms with Crippen molar-refractivity contribution < 1.29 is 4.74 Å². The molecule has 2 N–H and O–H groups in total. The molecule has 0 fully saturated rings. The molecule has 15 heavy (non-hydrogen) atoms. The third kappa shape index (κ3) is 3.93. The number of para-hydroxylation sites is 2. The van der Waals surface area contributed by atoms with Crippen molar-refractivity contribution in [1.82, 2.24) is 5.32 Å². The minimum absolute atomic E-state index is 0.522. The molecule has 5 heteroatoms. The Morgan fingerprint density at radius 2 is 2.20 bits per heavy atom. The number of hydrogen-bond donors (Lipinski definition) is 2. The van der Waals surface area contributed by atoms with Crippen molar-refractivity contribution in [3.63, 3.8) is 0 Å². The highest BCUT2D eigenvalue weighted by molar-refractivity contribution is 7.80. The number of halogens is 1. The molecule has 3 nitrogen and oxygen atoms in total. The SMILES string of the molecule is COc1ccccc1NC(=S)NCCCl. The van der Waals surface area contributed by atoms with Gasteiger partial charge in [0.1, 0.15) is 5.75 Å². The first-order valence-corrected chi connectivity index (χ1v) is 5.46. The van der Waals surface area contributed by atoms with Crippen LogP contribution in [0.5, 0.6) is 5.75 Å². The summed E-state index contributed by atoms with van der Waals surface area (Å²) in [4.78, 5) is 0. The van der Waals surface area contributed by atoms with E-state index in [-0.39, 0.29) is 0 Å². The van der Waals surface area contributed by atoms with Crippen LogP contribution in [0.2, 0.25) is 0 Å². The summed E-state index contributed by atoms with van der Waals surface area (Å²) in [6.45, 7) is 0.641.